The number of hydrogen-bond donors (Lipinski definition) is 1. The molecule has 36 valence electrons. The smallest absolute Gasteiger partial charge is 0.314 e. The highest BCUT2D eigenvalue weighted by atomic mass is 35.7. The Morgan fingerprint density at radius 3 is 2.50 bits per heavy atom. The Bertz CT molecular complexity index is 55.5. The zero-order valence-corrected chi connectivity index (χ0v) is 4.42. The van der Waals surface area contributed by atoms with Crippen LogP contribution in [-0.4, -0.2) is 16.8 Å². The first-order valence-electron chi connectivity index (χ1n) is 1.22. The van der Waals surface area contributed by atoms with Crippen molar-refractivity contribution in [1.29, 1.82) is 0 Å². The van der Waals surface area contributed by atoms with Gasteiger partial charge < -0.3 is 5.11 Å². The number of hydrogen-bond acceptors (Lipinski definition) is 2. The summed E-state index contributed by atoms with van der Waals surface area (Å²) in [6, 6.07) is 0. The van der Waals surface area contributed by atoms with Crippen molar-refractivity contribution >= 4 is 27.6 Å². The summed E-state index contributed by atoms with van der Waals surface area (Å²) in [5, 5.41) is 7.81. The molecule has 0 unspecified atom stereocenters. The van der Waals surface area contributed by atoms with Gasteiger partial charge in [0, 0.05) is 0 Å². The Morgan fingerprint density at radius 2 is 2.50 bits per heavy atom. The molecule has 0 spiro atoms. The van der Waals surface area contributed by atoms with Crippen LogP contribution in [0.15, 0.2) is 0 Å². The third-order valence-electron chi connectivity index (χ3n) is 0.178. The van der Waals surface area contributed by atoms with Crippen LogP contribution in [-0.2, 0) is 4.79 Å². The van der Waals surface area contributed by atoms with Crippen molar-refractivity contribution in [2.24, 2.45) is 0 Å². The van der Waals surface area contributed by atoms with Gasteiger partial charge in [0.1, 0.15) is 5.75 Å². The zero-order chi connectivity index (χ0) is 4.99. The molecule has 0 radical (unpaired) electrons. The van der Waals surface area contributed by atoms with E-state index < -0.39 is 5.97 Å². The second-order valence-corrected chi connectivity index (χ2v) is 1.81. The maximum absolute atomic E-state index is 9.49. The van der Waals surface area contributed by atoms with Crippen LogP contribution in [0.2, 0.25) is 0 Å². The molecule has 0 aromatic rings. The number of carboxylic acid groups (broad SMARTS) is 1. The minimum Gasteiger partial charge on any atom is -0.481 e. The number of rotatable bonds is 2. The standard InChI is InChI=1S/C2H3ClO2S/c3-6-1-2(4)5/h1H2,(H,4,5). The second-order valence-electron chi connectivity index (χ2n) is 0.647. The van der Waals surface area contributed by atoms with E-state index in [4.69, 9.17) is 15.8 Å². The fourth-order valence-corrected chi connectivity index (χ4v) is 0.420. The van der Waals surface area contributed by atoms with Crippen molar-refractivity contribution < 1.29 is 9.90 Å². The second kappa shape index (κ2) is 3.31. The van der Waals surface area contributed by atoms with Gasteiger partial charge in [-0.15, -0.1) is 0 Å². The molecule has 0 atom stereocenters. The molecule has 0 saturated carbocycles. The lowest BCUT2D eigenvalue weighted by atomic mass is 10.8. The Kier molecular flexibility index (Phi) is 3.37. The van der Waals surface area contributed by atoms with Crippen LogP contribution < -0.4 is 0 Å². The van der Waals surface area contributed by atoms with Crippen LogP contribution in [0.3, 0.4) is 0 Å². The summed E-state index contributed by atoms with van der Waals surface area (Å²) >= 11 is 0. The summed E-state index contributed by atoms with van der Waals surface area (Å²) in [6.45, 7) is 0. The van der Waals surface area contributed by atoms with E-state index in [1.165, 1.54) is 0 Å². The molecule has 0 aromatic carbocycles. The van der Waals surface area contributed by atoms with Crippen molar-refractivity contribution in [3.63, 3.8) is 0 Å². The van der Waals surface area contributed by atoms with Gasteiger partial charge in [-0.2, -0.15) is 0 Å². The Morgan fingerprint density at radius 1 is 2.00 bits per heavy atom. The molecule has 0 saturated heterocycles. The van der Waals surface area contributed by atoms with Crippen LogP contribution in [0.5, 0.6) is 0 Å². The molecule has 0 aliphatic rings. The van der Waals surface area contributed by atoms with Gasteiger partial charge in [-0.05, 0) is 21.7 Å². The third-order valence-corrected chi connectivity index (χ3v) is 0.861. The van der Waals surface area contributed by atoms with Crippen LogP contribution in [0.4, 0.5) is 0 Å². The van der Waals surface area contributed by atoms with Gasteiger partial charge >= 0.3 is 5.97 Å². The van der Waals surface area contributed by atoms with Gasteiger partial charge in [0.2, 0.25) is 0 Å². The quantitative estimate of drug-likeness (QED) is 0.599. The van der Waals surface area contributed by atoms with Crippen molar-refractivity contribution in [1.82, 2.24) is 0 Å². The molecular weight excluding hydrogens is 124 g/mol. The molecule has 4 heteroatoms. The fourth-order valence-electron chi connectivity index (χ4n) is 0.0467. The third kappa shape index (κ3) is 4.11. The topological polar surface area (TPSA) is 37.3 Å². The van der Waals surface area contributed by atoms with Crippen LogP contribution >= 0.6 is 21.7 Å². The van der Waals surface area contributed by atoms with Gasteiger partial charge in [0.15, 0.2) is 0 Å². The van der Waals surface area contributed by atoms with Crippen LogP contribution in [0, 0.1) is 0 Å². The predicted molar refractivity (Wildman–Crippen MR) is 25.9 cm³/mol. The zero-order valence-electron chi connectivity index (χ0n) is 2.85. The molecule has 0 bridgehead atoms. The molecule has 0 aromatic heterocycles. The first kappa shape index (κ1) is 6.11. The molecule has 0 rings (SSSR count). The molecule has 0 heterocycles. The number of carbonyl (C=O) groups is 1. The van der Waals surface area contributed by atoms with Crippen molar-refractivity contribution in [2.75, 3.05) is 5.75 Å². The highest BCUT2D eigenvalue weighted by Crippen LogP contribution is 2.02. The van der Waals surface area contributed by atoms with E-state index in [2.05, 4.69) is 0 Å². The summed E-state index contributed by atoms with van der Waals surface area (Å²) in [7, 11) is 5.71. The summed E-state index contributed by atoms with van der Waals surface area (Å²) < 4.78 is 0. The Hall–Kier alpha value is 0.110. The molecule has 0 amide bonds. The van der Waals surface area contributed by atoms with E-state index in [0.717, 1.165) is 11.0 Å². The highest BCUT2D eigenvalue weighted by molar-refractivity contribution is 8.21. The number of carboxylic acids is 1. The number of halogens is 1. The molecule has 0 aliphatic heterocycles. The lowest BCUT2D eigenvalue weighted by molar-refractivity contribution is -0.133. The maximum atomic E-state index is 9.49. The van der Waals surface area contributed by atoms with Gasteiger partial charge in [-0.3, -0.25) is 4.79 Å². The first-order valence-corrected chi connectivity index (χ1v) is 3.04. The lowest BCUT2D eigenvalue weighted by Crippen LogP contribution is -1.94. The Balaban J connectivity index is 2.83. The lowest BCUT2D eigenvalue weighted by Gasteiger charge is -1.77. The van der Waals surface area contributed by atoms with Crippen molar-refractivity contribution in [3.05, 3.63) is 0 Å². The summed E-state index contributed by atoms with van der Waals surface area (Å²) in [4.78, 5) is 9.49. The van der Waals surface area contributed by atoms with E-state index in [1.54, 1.807) is 0 Å². The first-order chi connectivity index (χ1) is 2.77. The molecule has 0 fully saturated rings. The minimum absolute atomic E-state index is 0.0262. The van der Waals surface area contributed by atoms with Gasteiger partial charge in [-0.25, -0.2) is 0 Å². The summed E-state index contributed by atoms with van der Waals surface area (Å²) in [5.74, 6) is -0.906. The molecule has 0 aliphatic carbocycles. The maximum Gasteiger partial charge on any atom is 0.314 e. The molecule has 1 N–H and O–H groups in total. The van der Waals surface area contributed by atoms with Gasteiger partial charge in [-0.1, -0.05) is 0 Å². The number of aliphatic carboxylic acids is 1. The normalized spacial score (nSPS) is 8.17. The van der Waals surface area contributed by atoms with Crippen LogP contribution in [0.1, 0.15) is 0 Å². The SMILES string of the molecule is O=C(O)CSCl. The molecule has 6 heavy (non-hydrogen) atoms. The van der Waals surface area contributed by atoms with E-state index in [1.807, 2.05) is 0 Å². The predicted octanol–water partition coefficient (Wildman–Crippen LogP) is 0.958. The Labute approximate surface area is 44.0 Å². The average molecular weight is 127 g/mol. The van der Waals surface area contributed by atoms with Gasteiger partial charge in [0.25, 0.3) is 0 Å². The fraction of sp³-hybridized carbons (Fsp3) is 0.500. The molecule has 2 nitrogen and oxygen atoms in total. The monoisotopic (exact) mass is 126 g/mol. The van der Waals surface area contributed by atoms with E-state index in [-0.39, 0.29) is 5.75 Å². The van der Waals surface area contributed by atoms with Crippen molar-refractivity contribution in [2.45, 2.75) is 0 Å². The average Bonchev–Trinajstić information content (AvgIpc) is 1.35. The van der Waals surface area contributed by atoms with E-state index >= 15 is 0 Å². The summed E-state index contributed by atoms with van der Waals surface area (Å²) in [5.41, 5.74) is 0. The van der Waals surface area contributed by atoms with Gasteiger partial charge in [0.05, 0.1) is 0 Å². The van der Waals surface area contributed by atoms with E-state index in [0.29, 0.717) is 0 Å². The van der Waals surface area contributed by atoms with Crippen LogP contribution in [0.25, 0.3) is 0 Å². The minimum atomic E-state index is -0.880. The molecular formula is C2H3ClO2S. The van der Waals surface area contributed by atoms with Crippen molar-refractivity contribution in [3.8, 4) is 0 Å². The van der Waals surface area contributed by atoms with E-state index in [9.17, 15) is 4.79 Å². The summed E-state index contributed by atoms with van der Waals surface area (Å²) in [6.07, 6.45) is 0. The largest absolute Gasteiger partial charge is 0.481 e. The highest BCUT2D eigenvalue weighted by Gasteiger charge is 1.89.